The van der Waals surface area contributed by atoms with Crippen molar-refractivity contribution in [1.29, 1.82) is 0 Å². The quantitative estimate of drug-likeness (QED) is 0.844. The second-order valence-corrected chi connectivity index (χ2v) is 7.51. The summed E-state index contributed by atoms with van der Waals surface area (Å²) in [6.45, 7) is 4.60. The molecular formula is C20H27NO4. The predicted octanol–water partition coefficient (Wildman–Crippen LogP) is 3.21. The van der Waals surface area contributed by atoms with E-state index in [0.29, 0.717) is 26.2 Å². The van der Waals surface area contributed by atoms with E-state index < -0.39 is 0 Å². The molecule has 2 aliphatic heterocycles. The molecule has 0 N–H and O–H groups in total. The molecule has 1 amide bonds. The van der Waals surface area contributed by atoms with E-state index in [1.807, 2.05) is 0 Å². The van der Waals surface area contributed by atoms with Gasteiger partial charge < -0.3 is 19.1 Å². The average molecular weight is 345 g/mol. The van der Waals surface area contributed by atoms with Gasteiger partial charge in [0.1, 0.15) is 13.2 Å². The highest BCUT2D eigenvalue weighted by Gasteiger charge is 2.46. The van der Waals surface area contributed by atoms with Gasteiger partial charge in [-0.15, -0.1) is 0 Å². The Kier molecular flexibility index (Phi) is 4.36. The van der Waals surface area contributed by atoms with E-state index in [0.717, 1.165) is 30.9 Å². The number of hydrogen-bond donors (Lipinski definition) is 0. The van der Waals surface area contributed by atoms with Crippen LogP contribution in [-0.2, 0) is 14.9 Å². The van der Waals surface area contributed by atoms with Gasteiger partial charge in [-0.3, -0.25) is 4.79 Å². The van der Waals surface area contributed by atoms with E-state index in [9.17, 15) is 4.79 Å². The number of rotatable bonds is 3. The Bertz CT molecular complexity index is 666. The van der Waals surface area contributed by atoms with Crippen molar-refractivity contribution in [1.82, 2.24) is 4.90 Å². The fourth-order valence-electron chi connectivity index (χ4n) is 4.74. The van der Waals surface area contributed by atoms with Crippen LogP contribution >= 0.6 is 0 Å². The van der Waals surface area contributed by atoms with Gasteiger partial charge in [-0.1, -0.05) is 12.8 Å². The number of nitrogens with zero attached hydrogens (tertiary/aromatic N) is 1. The van der Waals surface area contributed by atoms with Crippen molar-refractivity contribution in [3.63, 3.8) is 0 Å². The lowest BCUT2D eigenvalue weighted by Gasteiger charge is -2.46. The Hall–Kier alpha value is -1.75. The number of amides is 1. The SMILES string of the molecule is COCCC(=O)N1CC2(CCCC2)c2cc3c(cc2[C@@H]1C)OCCO3. The van der Waals surface area contributed by atoms with Crippen molar-refractivity contribution in [2.24, 2.45) is 0 Å². The molecule has 1 aromatic carbocycles. The van der Waals surface area contributed by atoms with E-state index >= 15 is 0 Å². The maximum absolute atomic E-state index is 12.8. The zero-order valence-corrected chi connectivity index (χ0v) is 15.2. The lowest BCUT2D eigenvalue weighted by molar-refractivity contribution is -0.136. The molecule has 1 saturated carbocycles. The minimum absolute atomic E-state index is 0.0569. The Labute approximate surface area is 149 Å². The summed E-state index contributed by atoms with van der Waals surface area (Å²) < 4.78 is 16.7. The molecule has 1 fully saturated rings. The van der Waals surface area contributed by atoms with Crippen molar-refractivity contribution < 1.29 is 19.0 Å². The second kappa shape index (κ2) is 6.52. The van der Waals surface area contributed by atoms with Crippen LogP contribution in [0.25, 0.3) is 0 Å². The highest BCUT2D eigenvalue weighted by atomic mass is 16.6. The number of hydrogen-bond acceptors (Lipinski definition) is 4. The Balaban J connectivity index is 1.75. The fraction of sp³-hybridized carbons (Fsp3) is 0.650. The average Bonchev–Trinajstić information content (AvgIpc) is 3.11. The third-order valence-corrected chi connectivity index (χ3v) is 6.08. The number of benzene rings is 1. The van der Waals surface area contributed by atoms with E-state index in [-0.39, 0.29) is 17.4 Å². The number of fused-ring (bicyclic) bond motifs is 3. The molecule has 0 unspecified atom stereocenters. The van der Waals surface area contributed by atoms with Crippen LogP contribution in [0.1, 0.15) is 56.2 Å². The normalized spacial score (nSPS) is 23.6. The highest BCUT2D eigenvalue weighted by molar-refractivity contribution is 5.78. The third-order valence-electron chi connectivity index (χ3n) is 6.08. The molecule has 0 bridgehead atoms. The molecule has 0 aromatic heterocycles. The maximum Gasteiger partial charge on any atom is 0.225 e. The minimum atomic E-state index is 0.0569. The first-order valence-electron chi connectivity index (χ1n) is 9.37. The lowest BCUT2D eigenvalue weighted by atomic mass is 9.71. The molecule has 4 rings (SSSR count). The largest absolute Gasteiger partial charge is 0.486 e. The maximum atomic E-state index is 12.8. The van der Waals surface area contributed by atoms with Gasteiger partial charge in [0, 0.05) is 19.1 Å². The van der Waals surface area contributed by atoms with Crippen LogP contribution in [0.3, 0.4) is 0 Å². The van der Waals surface area contributed by atoms with Crippen molar-refractivity contribution in [2.45, 2.75) is 50.5 Å². The number of methoxy groups -OCH3 is 1. The molecule has 1 atom stereocenters. The molecule has 0 radical (unpaired) electrons. The molecule has 0 saturated heterocycles. The van der Waals surface area contributed by atoms with Gasteiger partial charge in [-0.2, -0.15) is 0 Å². The molecule has 136 valence electrons. The Morgan fingerprint density at radius 1 is 1.24 bits per heavy atom. The van der Waals surface area contributed by atoms with Crippen molar-refractivity contribution >= 4 is 5.91 Å². The molecule has 3 aliphatic rings. The molecular weight excluding hydrogens is 318 g/mol. The monoisotopic (exact) mass is 345 g/mol. The van der Waals surface area contributed by atoms with Crippen LogP contribution in [-0.4, -0.2) is 44.3 Å². The Morgan fingerprint density at radius 3 is 2.60 bits per heavy atom. The van der Waals surface area contributed by atoms with Gasteiger partial charge in [0.05, 0.1) is 19.1 Å². The van der Waals surface area contributed by atoms with E-state index in [1.54, 1.807) is 7.11 Å². The summed E-state index contributed by atoms with van der Waals surface area (Å²) in [5.74, 6) is 1.86. The van der Waals surface area contributed by atoms with E-state index in [1.165, 1.54) is 24.0 Å². The van der Waals surface area contributed by atoms with Gasteiger partial charge in [-0.25, -0.2) is 0 Å². The summed E-state index contributed by atoms with van der Waals surface area (Å²) >= 11 is 0. The summed E-state index contributed by atoms with van der Waals surface area (Å²) in [5, 5.41) is 0. The standard InChI is InChI=1S/C20H27NO4/c1-14-15-11-17-18(25-10-9-24-17)12-16(15)20(6-3-4-7-20)13-21(14)19(22)5-8-23-2/h11-12,14H,3-10,13H2,1-2H3/t14-/m0/s1. The number of carbonyl (C=O) groups excluding carboxylic acids is 1. The lowest BCUT2D eigenvalue weighted by Crippen LogP contribution is -2.48. The summed E-state index contributed by atoms with van der Waals surface area (Å²) in [6, 6.07) is 4.37. The number of carbonyl (C=O) groups is 1. The van der Waals surface area contributed by atoms with Crippen LogP contribution in [0, 0.1) is 0 Å². The molecule has 2 heterocycles. The highest BCUT2D eigenvalue weighted by Crippen LogP contribution is 2.51. The van der Waals surface area contributed by atoms with E-state index in [2.05, 4.69) is 24.0 Å². The molecule has 1 aromatic rings. The third kappa shape index (κ3) is 2.78. The summed E-state index contributed by atoms with van der Waals surface area (Å²) in [5.41, 5.74) is 2.67. The second-order valence-electron chi connectivity index (χ2n) is 7.51. The van der Waals surface area contributed by atoms with Crippen LogP contribution in [0.5, 0.6) is 11.5 Å². The summed E-state index contributed by atoms with van der Waals surface area (Å²) in [6.07, 6.45) is 5.17. The zero-order valence-electron chi connectivity index (χ0n) is 15.2. The van der Waals surface area contributed by atoms with Crippen LogP contribution in [0.4, 0.5) is 0 Å². The van der Waals surface area contributed by atoms with Crippen LogP contribution in [0.15, 0.2) is 12.1 Å². The molecule has 25 heavy (non-hydrogen) atoms. The topological polar surface area (TPSA) is 48.0 Å². The molecule has 1 spiro atoms. The van der Waals surface area contributed by atoms with Crippen molar-refractivity contribution in [3.8, 4) is 11.5 Å². The molecule has 5 heteroatoms. The fourth-order valence-corrected chi connectivity index (χ4v) is 4.74. The zero-order chi connectivity index (χ0) is 17.4. The van der Waals surface area contributed by atoms with Crippen molar-refractivity contribution in [3.05, 3.63) is 23.3 Å². The van der Waals surface area contributed by atoms with E-state index in [4.69, 9.17) is 14.2 Å². The summed E-state index contributed by atoms with van der Waals surface area (Å²) in [7, 11) is 1.64. The van der Waals surface area contributed by atoms with Gasteiger partial charge in [0.2, 0.25) is 5.91 Å². The first-order chi connectivity index (χ1) is 12.1. The van der Waals surface area contributed by atoms with Gasteiger partial charge >= 0.3 is 0 Å². The van der Waals surface area contributed by atoms with Crippen LogP contribution < -0.4 is 9.47 Å². The van der Waals surface area contributed by atoms with Crippen molar-refractivity contribution in [2.75, 3.05) is 33.5 Å². The first kappa shape index (κ1) is 16.7. The number of ether oxygens (including phenoxy) is 3. The van der Waals surface area contributed by atoms with Crippen LogP contribution in [0.2, 0.25) is 0 Å². The minimum Gasteiger partial charge on any atom is -0.486 e. The smallest absolute Gasteiger partial charge is 0.225 e. The summed E-state index contributed by atoms with van der Waals surface area (Å²) in [4.78, 5) is 14.9. The van der Waals surface area contributed by atoms with Gasteiger partial charge in [0.25, 0.3) is 0 Å². The Morgan fingerprint density at radius 2 is 1.92 bits per heavy atom. The first-order valence-corrected chi connectivity index (χ1v) is 9.37. The molecule has 1 aliphatic carbocycles. The van der Waals surface area contributed by atoms with Gasteiger partial charge in [0.15, 0.2) is 11.5 Å². The van der Waals surface area contributed by atoms with Gasteiger partial charge in [-0.05, 0) is 43.0 Å². The molecule has 5 nitrogen and oxygen atoms in total. The predicted molar refractivity (Wildman–Crippen MR) is 94.2 cm³/mol.